The van der Waals surface area contributed by atoms with Crippen LogP contribution in [0, 0.1) is 5.92 Å². The molecule has 0 radical (unpaired) electrons. The molecule has 1 aromatic heterocycles. The summed E-state index contributed by atoms with van der Waals surface area (Å²) < 4.78 is 0. The van der Waals surface area contributed by atoms with Crippen molar-refractivity contribution < 1.29 is 97.5 Å². The van der Waals surface area contributed by atoms with E-state index in [0.717, 1.165) is 27.7 Å². The minimum absolute atomic E-state index is 0.00705. The normalized spacial score (nSPS) is 15.7. The molecule has 91 heavy (non-hydrogen) atoms. The van der Waals surface area contributed by atoms with E-state index in [4.69, 9.17) is 22.3 Å². The first kappa shape index (κ1) is 80.7. The molecule has 1 rings (SSSR count). The summed E-state index contributed by atoms with van der Waals surface area (Å²) in [5.41, 5.74) is 17.0. The number of carboxylic acids is 1. The van der Waals surface area contributed by atoms with Crippen LogP contribution in [0.4, 0.5) is 0 Å². The third kappa shape index (κ3) is 29.5. The van der Waals surface area contributed by atoms with Crippen LogP contribution in [0.1, 0.15) is 72.9 Å². The van der Waals surface area contributed by atoms with Gasteiger partial charge in [-0.2, -0.15) is 25.3 Å². The number of imidazole rings is 1. The number of carbonyl (C=O) groups excluding carboxylic acids is 14. The molecule has 0 aliphatic rings. The van der Waals surface area contributed by atoms with Crippen LogP contribution in [0.5, 0.6) is 0 Å². The molecule has 14 amide bonds. The van der Waals surface area contributed by atoms with Crippen LogP contribution in [0.25, 0.3) is 0 Å². The highest BCUT2D eigenvalue weighted by atomic mass is 32.1. The van der Waals surface area contributed by atoms with Gasteiger partial charge in [-0.1, -0.05) is 13.8 Å². The SMILES string of the molecule is CC(C)[C@H](NC(=O)[C@H](CO)NC(=O)[C@H](C)NC(=O)[C@@H](NC(=O)[C@H](CC(N)=O)NC(=O)[C@H](CCCCN)NC(=O)[C@H](Cc1cnc[nH]1)NC(=O)CNC(=O)CNC(=O)[C@@H](N)CS)[C@@H](C)O)C(=O)N[C@H](C(=O)N[C@H](C(=O)N[C@@H](CS)C(=O)NCC(=O)O)[C@@H](C)O)[C@@H](C)O. The van der Waals surface area contributed by atoms with Crippen LogP contribution in [-0.4, -0.2) is 253 Å². The molecule has 0 aromatic carbocycles. The molecule has 0 saturated heterocycles. The van der Waals surface area contributed by atoms with E-state index >= 15 is 0 Å². The van der Waals surface area contributed by atoms with Gasteiger partial charge in [-0.05, 0) is 59.4 Å². The number of hydrogen-bond donors (Lipinski definition) is 24. The number of thiol groups is 2. The smallest absolute Gasteiger partial charge is 0.322 e. The van der Waals surface area contributed by atoms with E-state index in [1.54, 1.807) is 0 Å². The van der Waals surface area contributed by atoms with E-state index in [1.165, 1.54) is 26.4 Å². The summed E-state index contributed by atoms with van der Waals surface area (Å²) in [6.07, 6.45) is -3.30. The predicted molar refractivity (Wildman–Crippen MR) is 323 cm³/mol. The maximum Gasteiger partial charge on any atom is 0.322 e. The molecule has 0 aliphatic heterocycles. The number of nitrogens with two attached hydrogens (primary N) is 3. The van der Waals surface area contributed by atoms with E-state index < -0.39 is 212 Å². The lowest BCUT2D eigenvalue weighted by Gasteiger charge is -2.30. The van der Waals surface area contributed by atoms with Gasteiger partial charge in [0.1, 0.15) is 67.0 Å². The van der Waals surface area contributed by atoms with Crippen molar-refractivity contribution in [3.63, 3.8) is 0 Å². The van der Waals surface area contributed by atoms with Gasteiger partial charge in [-0.25, -0.2) is 4.98 Å². The summed E-state index contributed by atoms with van der Waals surface area (Å²) in [5, 5.41) is 79.9. The number of carboxylic acid groups (broad SMARTS) is 1. The Labute approximate surface area is 532 Å². The molecule has 1 heterocycles. The molecular weight excluding hydrogens is 1250 g/mol. The Morgan fingerprint density at radius 3 is 1.47 bits per heavy atom. The van der Waals surface area contributed by atoms with Gasteiger partial charge in [0, 0.05) is 29.8 Å². The van der Waals surface area contributed by atoms with Gasteiger partial charge in [0.2, 0.25) is 82.7 Å². The number of rotatable bonds is 42. The second kappa shape index (κ2) is 41.2. The Morgan fingerprint density at radius 2 is 0.978 bits per heavy atom. The van der Waals surface area contributed by atoms with E-state index in [0.29, 0.717) is 12.1 Å². The predicted octanol–water partition coefficient (Wildman–Crippen LogP) is -11.8. The summed E-state index contributed by atoms with van der Waals surface area (Å²) in [7, 11) is 0. The average molecular weight is 1340 g/mol. The maximum absolute atomic E-state index is 14.0. The largest absolute Gasteiger partial charge is 0.480 e. The van der Waals surface area contributed by atoms with Crippen LogP contribution in [0.2, 0.25) is 0 Å². The Balaban J connectivity index is 3.24. The number of carbonyl (C=O) groups is 15. The van der Waals surface area contributed by atoms with E-state index in [9.17, 15) is 92.3 Å². The Kier molecular flexibility index (Phi) is 36.5. The fourth-order valence-electron chi connectivity index (χ4n) is 7.76. The van der Waals surface area contributed by atoms with Gasteiger partial charge >= 0.3 is 5.97 Å². The highest BCUT2D eigenvalue weighted by Gasteiger charge is 2.39. The van der Waals surface area contributed by atoms with Crippen molar-refractivity contribution in [1.29, 1.82) is 0 Å². The molecule has 1 aromatic rings. The number of nitrogens with zero attached hydrogens (tertiary/aromatic N) is 1. The average Bonchev–Trinajstić information content (AvgIpc) is 2.84. The second-order valence-corrected chi connectivity index (χ2v) is 21.7. The number of unbranched alkanes of at least 4 members (excludes halogenated alkanes) is 1. The monoisotopic (exact) mass is 1330 g/mol. The number of hydrogen-bond acceptors (Lipinski definition) is 24. The second-order valence-electron chi connectivity index (χ2n) is 21.0. The van der Waals surface area contributed by atoms with Gasteiger partial charge in [0.25, 0.3) is 0 Å². The zero-order valence-electron chi connectivity index (χ0n) is 50.7. The van der Waals surface area contributed by atoms with Gasteiger partial charge < -0.3 is 117 Å². The van der Waals surface area contributed by atoms with Crippen molar-refractivity contribution >= 4 is 114 Å². The van der Waals surface area contributed by atoms with Gasteiger partial charge in [-0.3, -0.25) is 71.9 Å². The molecule has 38 nitrogen and oxygen atoms in total. The summed E-state index contributed by atoms with van der Waals surface area (Å²) >= 11 is 7.87. The maximum atomic E-state index is 14.0. The third-order valence-electron chi connectivity index (χ3n) is 12.9. The lowest BCUT2D eigenvalue weighted by molar-refractivity contribution is -0.139. The summed E-state index contributed by atoms with van der Waals surface area (Å²) in [4.78, 5) is 202. The van der Waals surface area contributed by atoms with Crippen molar-refractivity contribution in [2.45, 2.75) is 158 Å². The first-order valence-corrected chi connectivity index (χ1v) is 29.5. The first-order valence-electron chi connectivity index (χ1n) is 28.3. The van der Waals surface area contributed by atoms with E-state index in [-0.39, 0.29) is 37.3 Å². The Bertz CT molecular complexity index is 2670. The molecule has 40 heteroatoms. The van der Waals surface area contributed by atoms with E-state index in [1.807, 2.05) is 5.32 Å². The number of aromatic amines is 1. The minimum atomic E-state index is -1.96. The molecule has 512 valence electrons. The first-order chi connectivity index (χ1) is 42.6. The van der Waals surface area contributed by atoms with Crippen LogP contribution in [-0.2, 0) is 78.3 Å². The minimum Gasteiger partial charge on any atom is -0.480 e. The molecule has 0 fully saturated rings. The number of aliphatic hydroxyl groups is 4. The molecule has 14 atom stereocenters. The molecular formula is C51H86N18O20S2. The van der Waals surface area contributed by atoms with Crippen LogP contribution >= 0.6 is 25.3 Å². The number of amides is 14. The molecule has 25 N–H and O–H groups in total. The Hall–Kier alpha value is -8.28. The lowest BCUT2D eigenvalue weighted by Crippen LogP contribution is -2.64. The molecule has 0 unspecified atom stereocenters. The summed E-state index contributed by atoms with van der Waals surface area (Å²) in [6.45, 7) is 4.14. The van der Waals surface area contributed by atoms with Crippen molar-refractivity contribution in [1.82, 2.24) is 79.1 Å². The van der Waals surface area contributed by atoms with Crippen LogP contribution < -0.4 is 86.3 Å². The van der Waals surface area contributed by atoms with E-state index in [2.05, 4.69) is 99.0 Å². The number of primary amides is 1. The number of aromatic nitrogens is 2. The molecule has 0 saturated carbocycles. The van der Waals surface area contributed by atoms with Gasteiger partial charge in [-0.15, -0.1) is 0 Å². The van der Waals surface area contributed by atoms with Crippen LogP contribution in [0.15, 0.2) is 12.5 Å². The molecule has 0 aliphatic carbocycles. The Morgan fingerprint density at radius 1 is 0.516 bits per heavy atom. The lowest BCUT2D eigenvalue weighted by atomic mass is 10.0. The summed E-state index contributed by atoms with van der Waals surface area (Å²) in [5.74, 6) is -17.5. The summed E-state index contributed by atoms with van der Waals surface area (Å²) in [6, 6.07) is -18.1. The van der Waals surface area contributed by atoms with Gasteiger partial charge in [0.15, 0.2) is 0 Å². The number of aliphatic carboxylic acids is 1. The highest BCUT2D eigenvalue weighted by Crippen LogP contribution is 2.10. The standard InChI is InChI=1S/C51H86N18O20S2/c1-21(2)37(48(86)68-40(25(6)73)51(89)69-39(24(5)72)50(88)65-32(19-91)43(81)58-16-36(77)78)66-47(85)31(17-70)64-41(79)22(3)60-49(87)38(23(4)71)67-46(84)30(12-33(54)74)63-44(82)28(9-7-8-10-52)62-45(83)29(11-26-13-55-20-59-26)61-35(76)15-56-34(75)14-57-42(80)27(53)18-90/h13,20-25,27-32,37-40,70-73,90-91H,7-12,14-19,52-53H2,1-6H3,(H2,54,74)(H,55,59)(H,56,75)(H,57,80)(H,58,81)(H,60,87)(H,61,76)(H,62,83)(H,63,82)(H,64,79)(H,65,88)(H,66,85)(H,67,84)(H,68,86)(H,69,89)(H,77,78)/t22-,23+,24+,25+,27-,28-,29-,30-,31-,32-,37-,38-,39-,40-/m0/s1. The number of H-pyrrole nitrogens is 1. The van der Waals surface area contributed by atoms with Crippen molar-refractivity contribution in [3.8, 4) is 0 Å². The highest BCUT2D eigenvalue weighted by molar-refractivity contribution is 7.80. The third-order valence-corrected chi connectivity index (χ3v) is 13.6. The fraction of sp³-hybridized carbons (Fsp3) is 0.647. The topological polar surface area (TPSA) is 620 Å². The zero-order valence-corrected chi connectivity index (χ0v) is 52.5. The number of nitrogens with one attached hydrogen (secondary N) is 14. The van der Waals surface area contributed by atoms with Gasteiger partial charge in [0.05, 0.1) is 56.8 Å². The zero-order chi connectivity index (χ0) is 69.4. The fourth-order valence-corrected chi connectivity index (χ4v) is 8.18. The van der Waals surface area contributed by atoms with Crippen LogP contribution in [0.3, 0.4) is 0 Å². The molecule has 0 bridgehead atoms. The quantitative estimate of drug-likeness (QED) is 0.0213. The number of aliphatic hydroxyl groups excluding tert-OH is 4. The molecule has 0 spiro atoms. The van der Waals surface area contributed by atoms with Crippen molar-refractivity contribution in [3.05, 3.63) is 18.2 Å². The van der Waals surface area contributed by atoms with Crippen molar-refractivity contribution in [2.75, 3.05) is 44.3 Å². The van der Waals surface area contributed by atoms with Crippen molar-refractivity contribution in [2.24, 2.45) is 23.1 Å².